The molecule has 0 heterocycles. The van der Waals surface area contributed by atoms with Crippen LogP contribution in [0.2, 0.25) is 0 Å². The molecule has 0 aliphatic carbocycles. The largest absolute Gasteiger partial charge is 0.405 e. The molecule has 0 radical (unpaired) electrons. The summed E-state index contributed by atoms with van der Waals surface area (Å²) in [6, 6.07) is 0. The standard InChI is InChI=1S/C3H4F3NS2.H2/c4-3(5,6)1-7-2(8)9;/h1H2,(H2,7,8,9);1H. The normalized spacial score (nSPS) is 11.1. The first-order valence-electron chi connectivity index (χ1n) is 1.95. The van der Waals surface area contributed by atoms with E-state index in [9.17, 15) is 13.2 Å². The Balaban J connectivity index is 0. The van der Waals surface area contributed by atoms with Gasteiger partial charge in [-0.05, 0) is 0 Å². The second-order valence-electron chi connectivity index (χ2n) is 1.27. The Morgan fingerprint density at radius 1 is 1.67 bits per heavy atom. The van der Waals surface area contributed by atoms with Gasteiger partial charge in [-0.15, -0.1) is 12.6 Å². The van der Waals surface area contributed by atoms with E-state index in [1.807, 2.05) is 5.32 Å². The molecule has 56 valence electrons. The quantitative estimate of drug-likeness (QED) is 0.466. The average molecular weight is 177 g/mol. The molecule has 0 unspecified atom stereocenters. The first kappa shape index (κ1) is 9.03. The van der Waals surface area contributed by atoms with E-state index in [4.69, 9.17) is 0 Å². The maximum atomic E-state index is 11.3. The lowest BCUT2D eigenvalue weighted by Gasteiger charge is -2.05. The molecule has 0 fully saturated rings. The van der Waals surface area contributed by atoms with Crippen LogP contribution >= 0.6 is 24.8 Å². The zero-order chi connectivity index (χ0) is 7.49. The minimum absolute atomic E-state index is 0. The van der Waals surface area contributed by atoms with Gasteiger partial charge in [-0.3, -0.25) is 0 Å². The highest BCUT2D eigenvalue weighted by molar-refractivity contribution is 8.11. The zero-order valence-electron chi connectivity index (χ0n) is 4.20. The van der Waals surface area contributed by atoms with Crippen molar-refractivity contribution in [1.29, 1.82) is 0 Å². The van der Waals surface area contributed by atoms with Crippen molar-refractivity contribution in [2.45, 2.75) is 6.18 Å². The van der Waals surface area contributed by atoms with Crippen molar-refractivity contribution in [3.8, 4) is 0 Å². The smallest absolute Gasteiger partial charge is 0.362 e. The molecule has 1 N–H and O–H groups in total. The van der Waals surface area contributed by atoms with Crippen LogP contribution in [0.25, 0.3) is 0 Å². The Kier molecular flexibility index (Phi) is 3.27. The van der Waals surface area contributed by atoms with E-state index in [1.165, 1.54) is 0 Å². The van der Waals surface area contributed by atoms with Gasteiger partial charge >= 0.3 is 6.18 Å². The van der Waals surface area contributed by atoms with Crippen LogP contribution < -0.4 is 5.32 Å². The minimum Gasteiger partial charge on any atom is -0.362 e. The molecule has 0 bridgehead atoms. The van der Waals surface area contributed by atoms with Crippen molar-refractivity contribution in [3.05, 3.63) is 0 Å². The number of hydrogen-bond donors (Lipinski definition) is 2. The van der Waals surface area contributed by atoms with E-state index in [1.54, 1.807) is 0 Å². The van der Waals surface area contributed by atoms with Crippen LogP contribution in [0.5, 0.6) is 0 Å². The lowest BCUT2D eigenvalue weighted by atomic mass is 10.6. The number of alkyl halides is 3. The van der Waals surface area contributed by atoms with Crippen LogP contribution in [0.3, 0.4) is 0 Å². The van der Waals surface area contributed by atoms with Gasteiger partial charge in [0.25, 0.3) is 0 Å². The maximum Gasteiger partial charge on any atom is 0.405 e. The highest BCUT2D eigenvalue weighted by atomic mass is 32.1. The van der Waals surface area contributed by atoms with Gasteiger partial charge in [-0.1, -0.05) is 12.2 Å². The molecule has 0 aliphatic rings. The summed E-state index contributed by atoms with van der Waals surface area (Å²) in [5.74, 6) is 0. The van der Waals surface area contributed by atoms with E-state index < -0.39 is 12.7 Å². The number of thiocarbonyl (C=S) groups is 1. The summed E-state index contributed by atoms with van der Waals surface area (Å²) < 4.78 is 33.6. The molecule has 0 saturated heterocycles. The predicted octanol–water partition coefficient (Wildman–Crippen LogP) is 1.60. The van der Waals surface area contributed by atoms with Gasteiger partial charge in [0.2, 0.25) is 0 Å². The van der Waals surface area contributed by atoms with Crippen molar-refractivity contribution >= 4 is 29.2 Å². The summed E-state index contributed by atoms with van der Waals surface area (Å²) in [7, 11) is 0. The summed E-state index contributed by atoms with van der Waals surface area (Å²) >= 11 is 7.65. The molecule has 0 rings (SSSR count). The topological polar surface area (TPSA) is 12.0 Å². The predicted molar refractivity (Wildman–Crippen MR) is 37.8 cm³/mol. The Hall–Kier alpha value is 0.0300. The Morgan fingerprint density at radius 2 is 2.11 bits per heavy atom. The van der Waals surface area contributed by atoms with Crippen LogP contribution in [0, 0.1) is 0 Å². The fraction of sp³-hybridized carbons (Fsp3) is 0.667. The van der Waals surface area contributed by atoms with Crippen molar-refractivity contribution in [2.24, 2.45) is 0 Å². The molecular formula is C3H6F3NS2. The summed E-state index contributed by atoms with van der Waals surface area (Å²) in [4.78, 5) is 0. The highest BCUT2D eigenvalue weighted by Gasteiger charge is 2.26. The first-order chi connectivity index (χ1) is 3.92. The third-order valence-electron chi connectivity index (χ3n) is 0.440. The number of hydrogen-bond acceptors (Lipinski definition) is 1. The van der Waals surface area contributed by atoms with Gasteiger partial charge in [0.05, 0.1) is 0 Å². The minimum atomic E-state index is -4.22. The van der Waals surface area contributed by atoms with Crippen molar-refractivity contribution in [1.82, 2.24) is 5.32 Å². The fourth-order valence-corrected chi connectivity index (χ4v) is 0.327. The summed E-state index contributed by atoms with van der Waals surface area (Å²) in [6.45, 7) is -1.12. The number of thiol groups is 1. The number of halogens is 3. The second kappa shape index (κ2) is 3.26. The second-order valence-corrected chi connectivity index (χ2v) is 2.43. The molecule has 0 atom stereocenters. The number of nitrogens with one attached hydrogen (secondary N) is 1. The van der Waals surface area contributed by atoms with Gasteiger partial charge in [0, 0.05) is 1.43 Å². The third kappa shape index (κ3) is 8.03. The zero-order valence-corrected chi connectivity index (χ0v) is 5.91. The van der Waals surface area contributed by atoms with Crippen molar-refractivity contribution in [3.63, 3.8) is 0 Å². The SMILES string of the molecule is FC(F)(F)CNC(=S)S.[HH]. The van der Waals surface area contributed by atoms with Crippen LogP contribution in [-0.2, 0) is 0 Å². The molecule has 0 spiro atoms. The van der Waals surface area contributed by atoms with Gasteiger partial charge in [-0.2, -0.15) is 13.2 Å². The van der Waals surface area contributed by atoms with Gasteiger partial charge in [0.15, 0.2) is 0 Å². The van der Waals surface area contributed by atoms with Crippen LogP contribution in [0.1, 0.15) is 1.43 Å². The summed E-state index contributed by atoms with van der Waals surface area (Å²) in [5, 5.41) is 1.86. The summed E-state index contributed by atoms with van der Waals surface area (Å²) in [6.07, 6.45) is -4.22. The molecule has 6 heteroatoms. The first-order valence-corrected chi connectivity index (χ1v) is 2.81. The van der Waals surface area contributed by atoms with Crippen LogP contribution in [0.4, 0.5) is 13.2 Å². The molecule has 9 heavy (non-hydrogen) atoms. The molecule has 0 aromatic carbocycles. The van der Waals surface area contributed by atoms with Gasteiger partial charge in [0.1, 0.15) is 10.9 Å². The molecule has 0 amide bonds. The maximum absolute atomic E-state index is 11.3. The highest BCUT2D eigenvalue weighted by Crippen LogP contribution is 2.12. The van der Waals surface area contributed by atoms with Gasteiger partial charge in [-0.25, -0.2) is 0 Å². The fourth-order valence-electron chi connectivity index (χ4n) is 0.176. The molecule has 1 nitrogen and oxygen atoms in total. The van der Waals surface area contributed by atoms with Crippen LogP contribution in [0.15, 0.2) is 0 Å². The molecule has 0 aliphatic heterocycles. The van der Waals surface area contributed by atoms with E-state index in [2.05, 4.69) is 24.8 Å². The van der Waals surface area contributed by atoms with E-state index >= 15 is 0 Å². The molecule has 0 aromatic rings. The molecule has 0 aromatic heterocycles. The molecular weight excluding hydrogens is 171 g/mol. The van der Waals surface area contributed by atoms with Gasteiger partial charge < -0.3 is 5.32 Å². The van der Waals surface area contributed by atoms with E-state index in [0.717, 1.165) is 0 Å². The van der Waals surface area contributed by atoms with Crippen molar-refractivity contribution in [2.75, 3.05) is 6.54 Å². The lowest BCUT2D eigenvalue weighted by Crippen LogP contribution is -2.30. The Bertz CT molecular complexity index is 115. The summed E-state index contributed by atoms with van der Waals surface area (Å²) in [5.41, 5.74) is 0. The lowest BCUT2D eigenvalue weighted by molar-refractivity contribution is -0.121. The Morgan fingerprint density at radius 3 is 2.22 bits per heavy atom. The number of rotatable bonds is 1. The average Bonchev–Trinajstić information content (AvgIpc) is 1.59. The molecule has 0 saturated carbocycles. The Labute approximate surface area is 62.5 Å². The van der Waals surface area contributed by atoms with E-state index in [-0.39, 0.29) is 5.75 Å². The van der Waals surface area contributed by atoms with Crippen molar-refractivity contribution < 1.29 is 14.6 Å². The van der Waals surface area contributed by atoms with E-state index in [0.29, 0.717) is 0 Å². The monoisotopic (exact) mass is 177 g/mol. The van der Waals surface area contributed by atoms with Crippen LogP contribution in [-0.4, -0.2) is 17.0 Å². The third-order valence-corrected chi connectivity index (χ3v) is 0.743.